The van der Waals surface area contributed by atoms with Gasteiger partial charge in [-0.05, 0) is 0 Å². The summed E-state index contributed by atoms with van der Waals surface area (Å²) in [5.74, 6) is -1.64. The molecule has 0 aromatic rings. The Morgan fingerprint density at radius 3 is 1.94 bits per heavy atom. The number of carbonyl (C=O) groups excluding carboxylic acids is 1. The zero-order valence-corrected chi connectivity index (χ0v) is 10.9. The maximum Gasteiger partial charge on any atom is 0.258 e. The summed E-state index contributed by atoms with van der Waals surface area (Å²) in [6.07, 6.45) is -1.30. The molecular weight excluding hydrogens is 228 g/mol. The molecule has 0 amide bonds. The lowest BCUT2D eigenvalue weighted by Gasteiger charge is -2.45. The Bertz CT molecular complexity index is 263. The third-order valence-corrected chi connectivity index (χ3v) is 3.25. The number of hydrogen-bond acceptors (Lipinski definition) is 6. The molecule has 1 aliphatic carbocycles. The Kier molecular flexibility index (Phi) is 5.03. The molecule has 0 bridgehead atoms. The summed E-state index contributed by atoms with van der Waals surface area (Å²) in [7, 11) is 7.37. The van der Waals surface area contributed by atoms with E-state index in [1.54, 1.807) is 0 Å². The normalized spacial score (nSPS) is 32.8. The smallest absolute Gasteiger partial charge is 0.258 e. The molecule has 6 heteroatoms. The van der Waals surface area contributed by atoms with Gasteiger partial charge < -0.3 is 23.7 Å². The van der Waals surface area contributed by atoms with Gasteiger partial charge in [-0.25, -0.2) is 0 Å². The van der Waals surface area contributed by atoms with Gasteiger partial charge >= 0.3 is 0 Å². The highest BCUT2D eigenvalue weighted by molar-refractivity contribution is 5.88. The molecule has 3 atom stereocenters. The number of Topliss-reactive ketones (excluding diaryl/α,β-unsaturated/α-hetero) is 1. The van der Waals surface area contributed by atoms with Gasteiger partial charge in [0.25, 0.3) is 5.79 Å². The van der Waals surface area contributed by atoms with Gasteiger partial charge in [0.15, 0.2) is 5.78 Å². The Hall–Kier alpha value is -0.530. The summed E-state index contributed by atoms with van der Waals surface area (Å²) >= 11 is 0. The lowest BCUT2D eigenvalue weighted by molar-refractivity contribution is -0.289. The first-order valence-corrected chi connectivity index (χ1v) is 5.33. The second-order valence-electron chi connectivity index (χ2n) is 3.83. The molecule has 0 spiro atoms. The topological polar surface area (TPSA) is 63.2 Å². The molecular formula is C11H20O6. The molecule has 6 nitrogen and oxygen atoms in total. The van der Waals surface area contributed by atoms with Gasteiger partial charge in [-0.15, -0.1) is 0 Å². The molecule has 100 valence electrons. The first kappa shape index (κ1) is 14.5. The molecule has 1 saturated carbocycles. The predicted octanol–water partition coefficient (Wildman–Crippen LogP) is -0.00670. The lowest BCUT2D eigenvalue weighted by atomic mass is 9.84. The number of hydrogen-bond donors (Lipinski definition) is 0. The molecule has 0 heterocycles. The number of methoxy groups -OCH3 is 5. The van der Waals surface area contributed by atoms with Crippen LogP contribution in [0, 0.1) is 0 Å². The minimum atomic E-state index is -1.43. The summed E-state index contributed by atoms with van der Waals surface area (Å²) in [4.78, 5) is 12.1. The highest BCUT2D eigenvalue weighted by Crippen LogP contribution is 2.34. The molecule has 1 fully saturated rings. The highest BCUT2D eigenvalue weighted by atomic mass is 16.7. The van der Waals surface area contributed by atoms with Crippen molar-refractivity contribution in [3.05, 3.63) is 0 Å². The Labute approximate surface area is 101 Å². The van der Waals surface area contributed by atoms with E-state index in [4.69, 9.17) is 23.7 Å². The van der Waals surface area contributed by atoms with Gasteiger partial charge in [0.2, 0.25) is 0 Å². The summed E-state index contributed by atoms with van der Waals surface area (Å²) in [5, 5.41) is 0. The Morgan fingerprint density at radius 2 is 1.59 bits per heavy atom. The fourth-order valence-corrected chi connectivity index (χ4v) is 2.34. The van der Waals surface area contributed by atoms with E-state index in [0.717, 1.165) is 0 Å². The van der Waals surface area contributed by atoms with Crippen molar-refractivity contribution < 1.29 is 28.5 Å². The van der Waals surface area contributed by atoms with E-state index in [0.29, 0.717) is 0 Å². The van der Waals surface area contributed by atoms with Crippen molar-refractivity contribution in [2.45, 2.75) is 30.5 Å². The zero-order valence-electron chi connectivity index (χ0n) is 10.9. The van der Waals surface area contributed by atoms with Crippen LogP contribution in [-0.4, -0.2) is 65.4 Å². The van der Waals surface area contributed by atoms with Gasteiger partial charge in [-0.3, -0.25) is 4.79 Å². The van der Waals surface area contributed by atoms with E-state index in [1.165, 1.54) is 35.5 Å². The predicted molar refractivity (Wildman–Crippen MR) is 58.8 cm³/mol. The molecule has 0 aromatic carbocycles. The SMILES string of the molecule is COC1[C@@H](OC)[C@H](OC)CC(=O)C1(OC)OC. The molecule has 0 aliphatic heterocycles. The van der Waals surface area contributed by atoms with Crippen LogP contribution in [-0.2, 0) is 28.5 Å². The fraction of sp³-hybridized carbons (Fsp3) is 0.909. The maximum atomic E-state index is 12.1. The summed E-state index contributed by atoms with van der Waals surface area (Å²) < 4.78 is 26.4. The molecule has 1 unspecified atom stereocenters. The standard InChI is InChI=1S/C11H20O6/c1-13-7-6-8(12)11(16-4,17-5)10(15-3)9(7)14-2/h7,9-10H,6H2,1-5H3/t7-,9+,10?/m1/s1. The van der Waals surface area contributed by atoms with Crippen molar-refractivity contribution in [3.63, 3.8) is 0 Å². The minimum Gasteiger partial charge on any atom is -0.378 e. The van der Waals surface area contributed by atoms with E-state index >= 15 is 0 Å². The molecule has 0 aromatic heterocycles. The highest BCUT2D eigenvalue weighted by Gasteiger charge is 2.57. The number of ketones is 1. The summed E-state index contributed by atoms with van der Waals surface area (Å²) in [6.45, 7) is 0. The second-order valence-corrected chi connectivity index (χ2v) is 3.83. The van der Waals surface area contributed by atoms with Crippen LogP contribution in [0.1, 0.15) is 6.42 Å². The molecule has 17 heavy (non-hydrogen) atoms. The second kappa shape index (κ2) is 5.88. The van der Waals surface area contributed by atoms with Crippen LogP contribution in [0.2, 0.25) is 0 Å². The van der Waals surface area contributed by atoms with Crippen LogP contribution < -0.4 is 0 Å². The van der Waals surface area contributed by atoms with E-state index in [2.05, 4.69) is 0 Å². The first-order chi connectivity index (χ1) is 8.11. The lowest BCUT2D eigenvalue weighted by Crippen LogP contribution is -2.66. The van der Waals surface area contributed by atoms with Crippen molar-refractivity contribution in [3.8, 4) is 0 Å². The minimum absolute atomic E-state index is 0.163. The summed E-state index contributed by atoms with van der Waals surface area (Å²) in [5.41, 5.74) is 0. The van der Waals surface area contributed by atoms with Crippen LogP contribution in [0.25, 0.3) is 0 Å². The average molecular weight is 248 g/mol. The molecule has 0 radical (unpaired) electrons. The van der Waals surface area contributed by atoms with Crippen LogP contribution in [0.3, 0.4) is 0 Å². The zero-order chi connectivity index (χ0) is 13.1. The number of ether oxygens (including phenoxy) is 5. The quantitative estimate of drug-likeness (QED) is 0.638. The van der Waals surface area contributed by atoms with Gasteiger partial charge in [-0.2, -0.15) is 0 Å². The van der Waals surface area contributed by atoms with Crippen LogP contribution >= 0.6 is 0 Å². The Balaban J connectivity index is 3.10. The van der Waals surface area contributed by atoms with Crippen LogP contribution in [0.4, 0.5) is 0 Å². The molecule has 0 saturated heterocycles. The van der Waals surface area contributed by atoms with Crippen LogP contribution in [0.15, 0.2) is 0 Å². The number of rotatable bonds is 5. The Morgan fingerprint density at radius 1 is 1.00 bits per heavy atom. The third kappa shape index (κ3) is 2.23. The van der Waals surface area contributed by atoms with Gasteiger partial charge in [-0.1, -0.05) is 0 Å². The van der Waals surface area contributed by atoms with Gasteiger partial charge in [0.1, 0.15) is 12.2 Å². The van der Waals surface area contributed by atoms with Crippen molar-refractivity contribution >= 4 is 5.78 Å². The van der Waals surface area contributed by atoms with Crippen LogP contribution in [0.5, 0.6) is 0 Å². The summed E-state index contributed by atoms with van der Waals surface area (Å²) in [6, 6.07) is 0. The maximum absolute atomic E-state index is 12.1. The fourth-order valence-electron chi connectivity index (χ4n) is 2.34. The monoisotopic (exact) mass is 248 g/mol. The molecule has 1 aliphatic rings. The average Bonchev–Trinajstić information content (AvgIpc) is 2.37. The molecule has 0 N–H and O–H groups in total. The first-order valence-electron chi connectivity index (χ1n) is 5.33. The number of carbonyl (C=O) groups is 1. The van der Waals surface area contributed by atoms with Crippen molar-refractivity contribution in [2.24, 2.45) is 0 Å². The molecule has 1 rings (SSSR count). The third-order valence-electron chi connectivity index (χ3n) is 3.25. The van der Waals surface area contributed by atoms with Crippen molar-refractivity contribution in [1.82, 2.24) is 0 Å². The van der Waals surface area contributed by atoms with E-state index in [1.807, 2.05) is 0 Å². The van der Waals surface area contributed by atoms with Crippen molar-refractivity contribution in [1.29, 1.82) is 0 Å². The van der Waals surface area contributed by atoms with Gasteiger partial charge in [0.05, 0.1) is 6.10 Å². The van der Waals surface area contributed by atoms with E-state index < -0.39 is 18.0 Å². The van der Waals surface area contributed by atoms with Gasteiger partial charge in [0, 0.05) is 42.0 Å². The largest absolute Gasteiger partial charge is 0.378 e. The van der Waals surface area contributed by atoms with E-state index in [9.17, 15) is 4.79 Å². The van der Waals surface area contributed by atoms with E-state index in [-0.39, 0.29) is 18.3 Å². The van der Waals surface area contributed by atoms with Crippen molar-refractivity contribution in [2.75, 3.05) is 35.5 Å².